The van der Waals surface area contributed by atoms with Crippen LogP contribution >= 0.6 is 24.4 Å². The van der Waals surface area contributed by atoms with Gasteiger partial charge in [-0.25, -0.2) is 0 Å². The van der Waals surface area contributed by atoms with Crippen LogP contribution in [0.3, 0.4) is 0 Å². The van der Waals surface area contributed by atoms with Crippen LogP contribution in [-0.4, -0.2) is 13.2 Å². The summed E-state index contributed by atoms with van der Waals surface area (Å²) >= 11 is 3.35. The number of rotatable bonds is 6. The van der Waals surface area contributed by atoms with Gasteiger partial charge in [-0.05, 0) is 26.0 Å². The van der Waals surface area contributed by atoms with Crippen LogP contribution in [0, 0.1) is 0 Å². The van der Waals surface area contributed by atoms with Crippen molar-refractivity contribution in [1.29, 1.82) is 0 Å². The molecule has 5 heteroatoms. The molecule has 0 radical (unpaired) electrons. The minimum atomic E-state index is -1.18. The molecule has 0 aliphatic carbocycles. The summed E-state index contributed by atoms with van der Waals surface area (Å²) in [5.41, 5.74) is -0.430. The lowest BCUT2D eigenvalue weighted by molar-refractivity contribution is -0.176. The van der Waals surface area contributed by atoms with Gasteiger partial charge in [0, 0.05) is 23.2 Å². The Morgan fingerprint density at radius 3 is 2.06 bits per heavy atom. The van der Waals surface area contributed by atoms with Gasteiger partial charge >= 0.3 is 0 Å². The van der Waals surface area contributed by atoms with Crippen LogP contribution in [0.4, 0.5) is 0 Å². The van der Waals surface area contributed by atoms with Gasteiger partial charge in [0.05, 0.1) is 0 Å². The molecular weight excluding hydrogens is 291 g/mol. The number of hydrogen-bond acceptors (Lipinski definition) is 3. The van der Waals surface area contributed by atoms with Crippen molar-refractivity contribution in [2.75, 3.05) is 13.2 Å². The molecule has 16 heavy (non-hydrogen) atoms. The number of halogens is 1. The van der Waals surface area contributed by atoms with E-state index in [9.17, 15) is 4.57 Å². The van der Waals surface area contributed by atoms with E-state index >= 15 is 0 Å². The van der Waals surface area contributed by atoms with Crippen LogP contribution < -0.4 is 0 Å². The summed E-state index contributed by atoms with van der Waals surface area (Å²) in [5, 5.41) is 0. The highest BCUT2D eigenvalue weighted by molar-refractivity contribution is 9.10. The summed E-state index contributed by atoms with van der Waals surface area (Å²) in [7, 11) is -0.193. The topological polar surface area (TPSA) is 35.5 Å². The molecule has 0 saturated carbocycles. The van der Waals surface area contributed by atoms with Gasteiger partial charge in [-0.1, -0.05) is 28.1 Å². The van der Waals surface area contributed by atoms with Gasteiger partial charge in [-0.3, -0.25) is 4.57 Å². The van der Waals surface area contributed by atoms with Gasteiger partial charge in [-0.2, -0.15) is 0 Å². The van der Waals surface area contributed by atoms with Gasteiger partial charge in [0.15, 0.2) is 0 Å². The summed E-state index contributed by atoms with van der Waals surface area (Å²) in [4.78, 5) is 0. The second-order valence-electron chi connectivity index (χ2n) is 3.05. The van der Waals surface area contributed by atoms with Crippen molar-refractivity contribution in [3.8, 4) is 0 Å². The fraction of sp³-hybridized carbons (Fsp3) is 0.455. The van der Waals surface area contributed by atoms with E-state index < -0.39 is 5.53 Å². The van der Waals surface area contributed by atoms with Crippen LogP contribution in [0.15, 0.2) is 28.7 Å². The molecule has 0 spiro atoms. The molecule has 0 heterocycles. The van der Waals surface area contributed by atoms with E-state index in [1.807, 2.05) is 38.1 Å². The third-order valence-corrected chi connectivity index (χ3v) is 3.29. The third-order valence-electron chi connectivity index (χ3n) is 2.01. The van der Waals surface area contributed by atoms with E-state index in [1.54, 1.807) is 0 Å². The maximum Gasteiger partial charge on any atom is 0.278 e. The fourth-order valence-electron chi connectivity index (χ4n) is 1.37. The van der Waals surface area contributed by atoms with E-state index in [0.29, 0.717) is 13.2 Å². The molecule has 1 aromatic rings. The average Bonchev–Trinajstić information content (AvgIpc) is 2.29. The Balaban J connectivity index is 3.07. The van der Waals surface area contributed by atoms with Crippen molar-refractivity contribution in [3.05, 3.63) is 34.3 Å². The minimum Gasteiger partial charge on any atom is -0.337 e. The largest absolute Gasteiger partial charge is 0.337 e. The molecule has 3 nitrogen and oxygen atoms in total. The van der Waals surface area contributed by atoms with E-state index in [0.717, 1.165) is 10.0 Å². The Morgan fingerprint density at radius 1 is 1.19 bits per heavy atom. The zero-order chi connectivity index (χ0) is 12.0. The number of benzene rings is 1. The van der Waals surface area contributed by atoms with Crippen molar-refractivity contribution in [2.45, 2.75) is 19.4 Å². The lowest BCUT2D eigenvalue weighted by Gasteiger charge is -2.26. The van der Waals surface area contributed by atoms with Crippen LogP contribution in [-0.2, 0) is 19.6 Å². The maximum atomic E-state index is 11.3. The standard InChI is InChI=1S/C11H14BrO3P/c1-3-14-11(16-13,15-4-2)9-5-7-10(12)8-6-9/h5-8H,3-4H2,1-2H3. The maximum absolute atomic E-state index is 11.3. The van der Waals surface area contributed by atoms with Gasteiger partial charge < -0.3 is 9.47 Å². The molecule has 88 valence electrons. The lowest BCUT2D eigenvalue weighted by Crippen LogP contribution is -2.27. The van der Waals surface area contributed by atoms with E-state index in [2.05, 4.69) is 15.9 Å². The van der Waals surface area contributed by atoms with Gasteiger partial charge in [-0.15, -0.1) is 0 Å². The average molecular weight is 305 g/mol. The second-order valence-corrected chi connectivity index (χ2v) is 4.73. The van der Waals surface area contributed by atoms with E-state index in [-0.39, 0.29) is 8.46 Å². The quantitative estimate of drug-likeness (QED) is 0.590. The number of hydrogen-bond donors (Lipinski definition) is 0. The first-order valence-corrected chi connectivity index (χ1v) is 6.67. The molecule has 0 saturated heterocycles. The van der Waals surface area contributed by atoms with Crippen molar-refractivity contribution in [1.82, 2.24) is 0 Å². The fourth-order valence-corrected chi connectivity index (χ4v) is 2.25. The molecule has 0 N–H and O–H groups in total. The van der Waals surface area contributed by atoms with E-state index in [4.69, 9.17) is 9.47 Å². The Labute approximate surface area is 105 Å². The zero-order valence-electron chi connectivity index (χ0n) is 9.27. The van der Waals surface area contributed by atoms with Crippen molar-refractivity contribution in [3.63, 3.8) is 0 Å². The summed E-state index contributed by atoms with van der Waals surface area (Å²) < 4.78 is 23.3. The highest BCUT2D eigenvalue weighted by atomic mass is 79.9. The smallest absolute Gasteiger partial charge is 0.278 e. The molecule has 0 amide bonds. The molecule has 1 rings (SSSR count). The van der Waals surface area contributed by atoms with E-state index in [1.165, 1.54) is 0 Å². The van der Waals surface area contributed by atoms with Crippen LogP contribution in [0.25, 0.3) is 0 Å². The SMILES string of the molecule is CCOC(OCC)(P=O)c1ccc(Br)cc1. The summed E-state index contributed by atoms with van der Waals surface area (Å²) in [6.07, 6.45) is 0. The predicted molar refractivity (Wildman–Crippen MR) is 66.7 cm³/mol. The molecule has 0 fully saturated rings. The van der Waals surface area contributed by atoms with Gasteiger partial charge in [0.2, 0.25) is 8.46 Å². The molecule has 0 bridgehead atoms. The first kappa shape index (κ1) is 13.8. The molecule has 0 aliphatic rings. The Kier molecular flexibility index (Phi) is 5.56. The number of ether oxygens (including phenoxy) is 2. The molecule has 0 unspecified atom stereocenters. The van der Waals surface area contributed by atoms with Crippen LogP contribution in [0.1, 0.15) is 19.4 Å². The molecule has 0 aromatic heterocycles. The molecule has 0 aliphatic heterocycles. The monoisotopic (exact) mass is 304 g/mol. The summed E-state index contributed by atoms with van der Waals surface area (Å²) in [5.74, 6) is 0. The van der Waals surface area contributed by atoms with Crippen LogP contribution in [0.2, 0.25) is 0 Å². The van der Waals surface area contributed by atoms with Gasteiger partial charge in [0.25, 0.3) is 5.53 Å². The normalized spacial score (nSPS) is 11.9. The van der Waals surface area contributed by atoms with Gasteiger partial charge in [0.1, 0.15) is 0 Å². The molecule has 0 atom stereocenters. The Hall–Kier alpha value is -0.280. The Morgan fingerprint density at radius 2 is 1.69 bits per heavy atom. The zero-order valence-corrected chi connectivity index (χ0v) is 11.8. The third kappa shape index (κ3) is 3.11. The molecule has 1 aromatic carbocycles. The van der Waals surface area contributed by atoms with Crippen molar-refractivity contribution >= 4 is 24.4 Å². The Bertz CT molecular complexity index is 334. The highest BCUT2D eigenvalue weighted by Gasteiger charge is 2.35. The minimum absolute atomic E-state index is 0.193. The summed E-state index contributed by atoms with van der Waals surface area (Å²) in [6.45, 7) is 4.56. The van der Waals surface area contributed by atoms with Crippen molar-refractivity contribution in [2.24, 2.45) is 0 Å². The lowest BCUT2D eigenvalue weighted by atomic mass is 10.2. The van der Waals surface area contributed by atoms with Crippen LogP contribution in [0.5, 0.6) is 0 Å². The molecular formula is C11H14BrO3P. The summed E-state index contributed by atoms with van der Waals surface area (Å²) in [6, 6.07) is 7.40. The highest BCUT2D eigenvalue weighted by Crippen LogP contribution is 2.38. The predicted octanol–water partition coefficient (Wildman–Crippen LogP) is 3.92. The first-order valence-electron chi connectivity index (χ1n) is 5.07. The first-order chi connectivity index (χ1) is 7.68. The van der Waals surface area contributed by atoms with Crippen molar-refractivity contribution < 1.29 is 14.0 Å². The second kappa shape index (κ2) is 6.45.